The number of rotatable bonds is 3. The van der Waals surface area contributed by atoms with Gasteiger partial charge in [0.25, 0.3) is 0 Å². The van der Waals surface area contributed by atoms with Crippen LogP contribution in [-0.4, -0.2) is 18.8 Å². The molecule has 1 heterocycles. The Kier molecular flexibility index (Phi) is 3.40. The second-order valence-electron chi connectivity index (χ2n) is 5.87. The van der Waals surface area contributed by atoms with Gasteiger partial charge in [0, 0.05) is 12.5 Å². The van der Waals surface area contributed by atoms with Gasteiger partial charge >= 0.3 is 0 Å². The molecule has 2 heteroatoms. The third kappa shape index (κ3) is 2.45. The summed E-state index contributed by atoms with van der Waals surface area (Å²) in [5, 5.41) is 0. The van der Waals surface area contributed by atoms with Crippen molar-refractivity contribution in [3.8, 4) is 0 Å². The van der Waals surface area contributed by atoms with Crippen molar-refractivity contribution >= 4 is 0 Å². The lowest BCUT2D eigenvalue weighted by atomic mass is 9.89. The molecule has 1 aromatic carbocycles. The molecule has 3 rings (SSSR count). The Morgan fingerprint density at radius 1 is 1.22 bits per heavy atom. The van der Waals surface area contributed by atoms with Gasteiger partial charge in [-0.1, -0.05) is 44.2 Å². The fraction of sp³-hybridized carbons (Fsp3) is 0.625. The Morgan fingerprint density at radius 3 is 2.78 bits per heavy atom. The molecular weight excluding hydrogens is 224 g/mol. The minimum atomic E-state index is 0.368. The molecule has 0 aromatic heterocycles. The summed E-state index contributed by atoms with van der Waals surface area (Å²) in [6, 6.07) is 10.4. The number of fused-ring (bicyclic) bond motifs is 1. The molecule has 1 saturated heterocycles. The molecule has 2 nitrogen and oxygen atoms in total. The second-order valence-corrected chi connectivity index (χ2v) is 5.87. The van der Waals surface area contributed by atoms with Gasteiger partial charge in [0.15, 0.2) is 0 Å². The molecule has 2 fully saturated rings. The van der Waals surface area contributed by atoms with E-state index in [1.54, 1.807) is 0 Å². The predicted octanol–water partition coefficient (Wildman–Crippen LogP) is 3.26. The predicted molar refractivity (Wildman–Crippen MR) is 71.2 cm³/mol. The average Bonchev–Trinajstić information content (AvgIpc) is 3.16. The number of hydrogen-bond acceptors (Lipinski definition) is 2. The topological polar surface area (TPSA) is 18.5 Å². The zero-order valence-corrected chi connectivity index (χ0v) is 11.2. The highest BCUT2D eigenvalue weighted by molar-refractivity contribution is 5.13. The molecule has 1 aliphatic heterocycles. The summed E-state index contributed by atoms with van der Waals surface area (Å²) in [5.74, 6) is 1.82. The van der Waals surface area contributed by atoms with Crippen molar-refractivity contribution in [2.24, 2.45) is 17.8 Å². The molecule has 98 valence electrons. The SMILES string of the molecule is C[C@H]1[C@H](OCc2ccccc2)[C@@H]2CC2OC[C@H]1C. The number of ether oxygens (including phenoxy) is 2. The standard InChI is InChI=1S/C16H22O2/c1-11-9-17-15-8-14(15)16(12(11)2)18-10-13-6-4-3-5-7-13/h3-7,11-12,14-16H,8-10H2,1-2H3/t11-,12-,14-,15?,16+/m1/s1. The minimum Gasteiger partial charge on any atom is -0.378 e. The minimum absolute atomic E-state index is 0.368. The van der Waals surface area contributed by atoms with Gasteiger partial charge in [-0.25, -0.2) is 0 Å². The molecule has 5 atom stereocenters. The van der Waals surface area contributed by atoms with Crippen LogP contribution in [0.4, 0.5) is 0 Å². The van der Waals surface area contributed by atoms with E-state index >= 15 is 0 Å². The zero-order chi connectivity index (χ0) is 12.5. The van der Waals surface area contributed by atoms with Crippen LogP contribution < -0.4 is 0 Å². The van der Waals surface area contributed by atoms with Crippen LogP contribution in [-0.2, 0) is 16.1 Å². The summed E-state index contributed by atoms with van der Waals surface area (Å²) in [4.78, 5) is 0. The maximum atomic E-state index is 6.21. The highest BCUT2D eigenvalue weighted by Gasteiger charge is 2.50. The third-order valence-corrected chi connectivity index (χ3v) is 4.48. The molecule has 1 aliphatic carbocycles. The van der Waals surface area contributed by atoms with Crippen LogP contribution >= 0.6 is 0 Å². The average molecular weight is 246 g/mol. The Labute approximate surface area is 109 Å². The monoisotopic (exact) mass is 246 g/mol. The van der Waals surface area contributed by atoms with E-state index in [4.69, 9.17) is 9.47 Å². The van der Waals surface area contributed by atoms with Crippen LogP contribution in [0.1, 0.15) is 25.8 Å². The van der Waals surface area contributed by atoms with Crippen molar-refractivity contribution in [2.45, 2.75) is 39.1 Å². The molecular formula is C16H22O2. The first-order valence-electron chi connectivity index (χ1n) is 7.03. The van der Waals surface area contributed by atoms with E-state index in [0.717, 1.165) is 13.2 Å². The number of benzene rings is 1. The Bertz CT molecular complexity index is 389. The molecule has 1 aromatic rings. The maximum Gasteiger partial charge on any atom is 0.0720 e. The zero-order valence-electron chi connectivity index (χ0n) is 11.2. The quantitative estimate of drug-likeness (QED) is 0.815. The smallest absolute Gasteiger partial charge is 0.0720 e. The third-order valence-electron chi connectivity index (χ3n) is 4.48. The molecule has 1 saturated carbocycles. The van der Waals surface area contributed by atoms with E-state index in [2.05, 4.69) is 38.1 Å². The van der Waals surface area contributed by atoms with Crippen LogP contribution in [0.15, 0.2) is 30.3 Å². The van der Waals surface area contributed by atoms with E-state index in [-0.39, 0.29) is 0 Å². The number of hydrogen-bond donors (Lipinski definition) is 0. The highest BCUT2D eigenvalue weighted by atomic mass is 16.5. The van der Waals surface area contributed by atoms with Crippen LogP contribution in [0.5, 0.6) is 0 Å². The molecule has 0 amide bonds. The summed E-state index contributed by atoms with van der Waals surface area (Å²) >= 11 is 0. The van der Waals surface area contributed by atoms with Gasteiger partial charge in [-0.05, 0) is 23.8 Å². The Morgan fingerprint density at radius 2 is 2.00 bits per heavy atom. The molecule has 18 heavy (non-hydrogen) atoms. The summed E-state index contributed by atoms with van der Waals surface area (Å²) in [7, 11) is 0. The van der Waals surface area contributed by atoms with Gasteiger partial charge in [0.05, 0.1) is 18.8 Å². The van der Waals surface area contributed by atoms with Crippen molar-refractivity contribution in [2.75, 3.05) is 6.61 Å². The van der Waals surface area contributed by atoms with Gasteiger partial charge in [0.1, 0.15) is 0 Å². The van der Waals surface area contributed by atoms with E-state index < -0.39 is 0 Å². The summed E-state index contributed by atoms with van der Waals surface area (Å²) in [6.45, 7) is 6.21. The first kappa shape index (κ1) is 12.2. The van der Waals surface area contributed by atoms with Gasteiger partial charge in [0.2, 0.25) is 0 Å². The molecule has 1 unspecified atom stereocenters. The van der Waals surface area contributed by atoms with Crippen LogP contribution in [0.2, 0.25) is 0 Å². The largest absolute Gasteiger partial charge is 0.378 e. The molecule has 0 radical (unpaired) electrons. The maximum absolute atomic E-state index is 6.21. The first-order chi connectivity index (χ1) is 8.75. The molecule has 0 spiro atoms. The lowest BCUT2D eigenvalue weighted by molar-refractivity contribution is -0.0193. The fourth-order valence-electron chi connectivity index (χ4n) is 2.91. The van der Waals surface area contributed by atoms with Crippen molar-refractivity contribution in [1.29, 1.82) is 0 Å². The lowest BCUT2D eigenvalue weighted by Crippen LogP contribution is -2.29. The van der Waals surface area contributed by atoms with Gasteiger partial charge < -0.3 is 9.47 Å². The highest BCUT2D eigenvalue weighted by Crippen LogP contribution is 2.45. The van der Waals surface area contributed by atoms with E-state index in [9.17, 15) is 0 Å². The summed E-state index contributed by atoms with van der Waals surface area (Å²) in [5.41, 5.74) is 1.26. The Balaban J connectivity index is 1.63. The molecule has 0 bridgehead atoms. The van der Waals surface area contributed by atoms with Crippen LogP contribution in [0.25, 0.3) is 0 Å². The van der Waals surface area contributed by atoms with E-state index in [0.29, 0.717) is 30.0 Å². The molecule has 2 aliphatic rings. The van der Waals surface area contributed by atoms with Crippen LogP contribution in [0, 0.1) is 17.8 Å². The van der Waals surface area contributed by atoms with Gasteiger partial charge in [-0.15, -0.1) is 0 Å². The summed E-state index contributed by atoms with van der Waals surface area (Å²) < 4.78 is 12.1. The van der Waals surface area contributed by atoms with E-state index in [1.807, 2.05) is 6.07 Å². The fourth-order valence-corrected chi connectivity index (χ4v) is 2.91. The van der Waals surface area contributed by atoms with Crippen molar-refractivity contribution < 1.29 is 9.47 Å². The lowest BCUT2D eigenvalue weighted by Gasteiger charge is -2.26. The summed E-state index contributed by atoms with van der Waals surface area (Å²) in [6.07, 6.45) is 2.03. The Hall–Kier alpha value is -0.860. The second kappa shape index (κ2) is 5.02. The van der Waals surface area contributed by atoms with Crippen LogP contribution in [0.3, 0.4) is 0 Å². The van der Waals surface area contributed by atoms with Gasteiger partial charge in [-0.2, -0.15) is 0 Å². The van der Waals surface area contributed by atoms with Crippen molar-refractivity contribution in [3.63, 3.8) is 0 Å². The van der Waals surface area contributed by atoms with Gasteiger partial charge in [-0.3, -0.25) is 0 Å². The normalized spacial score (nSPS) is 38.9. The van der Waals surface area contributed by atoms with E-state index in [1.165, 1.54) is 12.0 Å². The molecule has 0 N–H and O–H groups in total. The van der Waals surface area contributed by atoms with Crippen molar-refractivity contribution in [3.05, 3.63) is 35.9 Å². The van der Waals surface area contributed by atoms with Crippen molar-refractivity contribution in [1.82, 2.24) is 0 Å². The first-order valence-corrected chi connectivity index (χ1v) is 7.03.